The third-order valence-electron chi connectivity index (χ3n) is 2.25. The summed E-state index contributed by atoms with van der Waals surface area (Å²) in [5.41, 5.74) is 1.11. The molecule has 1 rings (SSSR count). The van der Waals surface area contributed by atoms with Crippen LogP contribution in [0.2, 0.25) is 0 Å². The van der Waals surface area contributed by atoms with E-state index in [9.17, 15) is 0 Å². The van der Waals surface area contributed by atoms with E-state index >= 15 is 0 Å². The zero-order valence-corrected chi connectivity index (χ0v) is 9.13. The Hall–Kier alpha value is -0.910. The summed E-state index contributed by atoms with van der Waals surface area (Å²) < 4.78 is 1.87. The van der Waals surface area contributed by atoms with Crippen LogP contribution in [0.4, 0.5) is 0 Å². The quantitative estimate of drug-likeness (QED) is 0.652. The van der Waals surface area contributed by atoms with Gasteiger partial charge in [0.05, 0.1) is 19.4 Å². The van der Waals surface area contributed by atoms with Crippen LogP contribution in [0.5, 0.6) is 0 Å². The van der Waals surface area contributed by atoms with Crippen molar-refractivity contribution in [2.75, 3.05) is 26.3 Å². The van der Waals surface area contributed by atoms with Crippen molar-refractivity contribution in [1.82, 2.24) is 14.7 Å². The molecule has 0 aliphatic heterocycles. The lowest BCUT2D eigenvalue weighted by Gasteiger charge is -2.18. The van der Waals surface area contributed by atoms with Gasteiger partial charge in [-0.15, -0.1) is 0 Å². The molecule has 0 saturated carbocycles. The summed E-state index contributed by atoms with van der Waals surface area (Å²) in [4.78, 5) is 2.00. The molecule has 0 atom stereocenters. The van der Waals surface area contributed by atoms with Gasteiger partial charge in [0.15, 0.2) is 0 Å². The minimum atomic E-state index is 0.113. The minimum Gasteiger partial charge on any atom is -0.395 e. The van der Waals surface area contributed by atoms with Gasteiger partial charge in [-0.1, -0.05) is 0 Å². The van der Waals surface area contributed by atoms with E-state index in [1.54, 1.807) is 0 Å². The first kappa shape index (κ1) is 12.2. The highest BCUT2D eigenvalue weighted by Crippen LogP contribution is 2.03. The molecule has 1 aromatic rings. The van der Waals surface area contributed by atoms with E-state index in [1.165, 1.54) is 0 Å². The molecule has 0 fully saturated rings. The van der Waals surface area contributed by atoms with Crippen molar-refractivity contribution >= 4 is 0 Å². The van der Waals surface area contributed by atoms with E-state index in [4.69, 9.17) is 10.2 Å². The van der Waals surface area contributed by atoms with Crippen molar-refractivity contribution in [3.05, 3.63) is 18.0 Å². The smallest absolute Gasteiger partial charge is 0.0558 e. The third-order valence-corrected chi connectivity index (χ3v) is 2.25. The van der Waals surface area contributed by atoms with Crippen molar-refractivity contribution in [2.45, 2.75) is 20.0 Å². The van der Waals surface area contributed by atoms with Gasteiger partial charge >= 0.3 is 0 Å². The van der Waals surface area contributed by atoms with E-state index < -0.39 is 0 Å². The first-order chi connectivity index (χ1) is 7.30. The van der Waals surface area contributed by atoms with E-state index in [-0.39, 0.29) is 13.2 Å². The summed E-state index contributed by atoms with van der Waals surface area (Å²) in [6.45, 7) is 5.01. The van der Waals surface area contributed by atoms with Crippen LogP contribution >= 0.6 is 0 Å². The molecule has 0 spiro atoms. The van der Waals surface area contributed by atoms with Crippen LogP contribution in [0.1, 0.15) is 12.5 Å². The van der Waals surface area contributed by atoms with Gasteiger partial charge in [-0.05, 0) is 6.92 Å². The molecule has 0 aliphatic carbocycles. The second kappa shape index (κ2) is 6.55. The van der Waals surface area contributed by atoms with Gasteiger partial charge in [0.2, 0.25) is 0 Å². The van der Waals surface area contributed by atoms with Crippen LogP contribution in [0.25, 0.3) is 0 Å². The molecule has 2 N–H and O–H groups in total. The average molecular weight is 213 g/mol. The second-order valence-corrected chi connectivity index (χ2v) is 3.43. The average Bonchev–Trinajstić information content (AvgIpc) is 2.66. The van der Waals surface area contributed by atoms with Gasteiger partial charge in [0, 0.05) is 37.9 Å². The molecule has 0 aromatic carbocycles. The number of nitrogens with zero attached hydrogens (tertiary/aromatic N) is 3. The van der Waals surface area contributed by atoms with E-state index in [2.05, 4.69) is 5.10 Å². The fourth-order valence-electron chi connectivity index (χ4n) is 1.47. The summed E-state index contributed by atoms with van der Waals surface area (Å²) in [5, 5.41) is 21.9. The maximum Gasteiger partial charge on any atom is 0.0558 e. The number of rotatable bonds is 7. The van der Waals surface area contributed by atoms with Crippen molar-refractivity contribution in [3.8, 4) is 0 Å². The zero-order valence-electron chi connectivity index (χ0n) is 9.13. The molecule has 5 heteroatoms. The van der Waals surface area contributed by atoms with Crippen molar-refractivity contribution in [1.29, 1.82) is 0 Å². The highest BCUT2D eigenvalue weighted by Gasteiger charge is 2.06. The highest BCUT2D eigenvalue weighted by atomic mass is 16.3. The van der Waals surface area contributed by atoms with Gasteiger partial charge in [0.25, 0.3) is 0 Å². The highest BCUT2D eigenvalue weighted by molar-refractivity contribution is 5.03. The van der Waals surface area contributed by atoms with Gasteiger partial charge in [-0.3, -0.25) is 9.58 Å². The molecule has 0 bridgehead atoms. The van der Waals surface area contributed by atoms with Crippen LogP contribution in [0.15, 0.2) is 12.4 Å². The molecule has 1 heterocycles. The third kappa shape index (κ3) is 3.99. The predicted octanol–water partition coefficient (Wildman–Crippen LogP) is -0.310. The van der Waals surface area contributed by atoms with Crippen LogP contribution in [0, 0.1) is 0 Å². The molecular formula is C10H19N3O2. The number of aryl methyl sites for hydroxylation is 1. The lowest BCUT2D eigenvalue weighted by molar-refractivity contribution is 0.156. The Morgan fingerprint density at radius 2 is 2.00 bits per heavy atom. The van der Waals surface area contributed by atoms with E-state index in [0.717, 1.165) is 18.7 Å². The molecule has 0 radical (unpaired) electrons. The van der Waals surface area contributed by atoms with Crippen molar-refractivity contribution in [2.24, 2.45) is 0 Å². The zero-order chi connectivity index (χ0) is 11.1. The topological polar surface area (TPSA) is 61.5 Å². The monoisotopic (exact) mass is 213 g/mol. The van der Waals surface area contributed by atoms with Crippen LogP contribution in [-0.2, 0) is 13.1 Å². The van der Waals surface area contributed by atoms with Gasteiger partial charge < -0.3 is 10.2 Å². The first-order valence-corrected chi connectivity index (χ1v) is 5.25. The SMILES string of the molecule is CCn1cc(CN(CCO)CCO)cn1. The van der Waals surface area contributed by atoms with Crippen molar-refractivity contribution in [3.63, 3.8) is 0 Å². The number of hydrogen-bond acceptors (Lipinski definition) is 4. The van der Waals surface area contributed by atoms with Crippen LogP contribution in [0.3, 0.4) is 0 Å². The Morgan fingerprint density at radius 1 is 1.33 bits per heavy atom. The van der Waals surface area contributed by atoms with Gasteiger partial charge in [-0.2, -0.15) is 5.10 Å². The predicted molar refractivity (Wildman–Crippen MR) is 57.3 cm³/mol. The summed E-state index contributed by atoms with van der Waals surface area (Å²) in [6, 6.07) is 0. The Kier molecular flexibility index (Phi) is 5.31. The minimum absolute atomic E-state index is 0.113. The Morgan fingerprint density at radius 3 is 2.47 bits per heavy atom. The van der Waals surface area contributed by atoms with Crippen LogP contribution < -0.4 is 0 Å². The molecule has 0 unspecified atom stereocenters. The summed E-state index contributed by atoms with van der Waals surface area (Å²) in [5.74, 6) is 0. The second-order valence-electron chi connectivity index (χ2n) is 3.43. The normalized spacial score (nSPS) is 11.2. The lowest BCUT2D eigenvalue weighted by Crippen LogP contribution is -2.29. The summed E-state index contributed by atoms with van der Waals surface area (Å²) in [6.07, 6.45) is 3.81. The maximum absolute atomic E-state index is 8.85. The molecule has 86 valence electrons. The Labute approximate surface area is 89.9 Å². The fourth-order valence-corrected chi connectivity index (χ4v) is 1.47. The fraction of sp³-hybridized carbons (Fsp3) is 0.700. The van der Waals surface area contributed by atoms with Gasteiger partial charge in [0.1, 0.15) is 0 Å². The van der Waals surface area contributed by atoms with Gasteiger partial charge in [-0.25, -0.2) is 0 Å². The lowest BCUT2D eigenvalue weighted by atomic mass is 10.3. The number of aliphatic hydroxyl groups excluding tert-OH is 2. The molecule has 0 amide bonds. The number of aliphatic hydroxyl groups is 2. The Bertz CT molecular complexity index is 269. The molecule has 15 heavy (non-hydrogen) atoms. The Balaban J connectivity index is 2.48. The van der Waals surface area contributed by atoms with Crippen molar-refractivity contribution < 1.29 is 10.2 Å². The largest absolute Gasteiger partial charge is 0.395 e. The molecule has 5 nitrogen and oxygen atoms in total. The van der Waals surface area contributed by atoms with E-state index in [1.807, 2.05) is 28.9 Å². The first-order valence-electron chi connectivity index (χ1n) is 5.25. The maximum atomic E-state index is 8.85. The number of aromatic nitrogens is 2. The van der Waals surface area contributed by atoms with E-state index in [0.29, 0.717) is 13.1 Å². The molecule has 1 aromatic heterocycles. The molecule has 0 aliphatic rings. The standard InChI is InChI=1S/C10H19N3O2/c1-2-13-9-10(7-11-13)8-12(3-5-14)4-6-15/h7,9,14-15H,2-6,8H2,1H3. The number of hydrogen-bond donors (Lipinski definition) is 2. The summed E-state index contributed by atoms with van der Waals surface area (Å²) >= 11 is 0. The molecular weight excluding hydrogens is 194 g/mol. The summed E-state index contributed by atoms with van der Waals surface area (Å²) in [7, 11) is 0. The molecule has 0 saturated heterocycles. The van der Waals surface area contributed by atoms with Crippen LogP contribution in [-0.4, -0.2) is 51.2 Å².